The van der Waals surface area contributed by atoms with E-state index in [9.17, 15) is 18.3 Å². The van der Waals surface area contributed by atoms with Crippen molar-refractivity contribution in [2.75, 3.05) is 58.6 Å². The lowest BCUT2D eigenvalue weighted by Gasteiger charge is -2.36. The second-order valence-electron chi connectivity index (χ2n) is 11.6. The Hall–Kier alpha value is -2.79. The average molecular weight is 628 g/mol. The number of sulfone groups is 1. The highest BCUT2D eigenvalue weighted by Gasteiger charge is 2.28. The molecule has 3 aromatic rings. The molecule has 43 heavy (non-hydrogen) atoms. The summed E-state index contributed by atoms with van der Waals surface area (Å²) in [7, 11) is -1.41. The highest BCUT2D eigenvalue weighted by molar-refractivity contribution is 7.91. The molecule has 0 aliphatic carbocycles. The van der Waals surface area contributed by atoms with Crippen molar-refractivity contribution in [3.05, 3.63) is 95.6 Å². The van der Waals surface area contributed by atoms with Gasteiger partial charge in [-0.15, -0.1) is 12.4 Å². The molecule has 2 saturated heterocycles. The van der Waals surface area contributed by atoms with Crippen LogP contribution in [0.2, 0.25) is 0 Å². The highest BCUT2D eigenvalue weighted by atomic mass is 35.5. The molecule has 232 valence electrons. The van der Waals surface area contributed by atoms with Gasteiger partial charge < -0.3 is 14.7 Å². The van der Waals surface area contributed by atoms with Crippen LogP contribution in [0, 0.1) is 5.92 Å². The monoisotopic (exact) mass is 627 g/mol. The maximum Gasteiger partial charge on any atom is 0.343 e. The molecule has 0 aromatic heterocycles. The van der Waals surface area contributed by atoms with Gasteiger partial charge >= 0.3 is 5.97 Å². The van der Waals surface area contributed by atoms with Crippen LogP contribution in [-0.2, 0) is 22.8 Å². The Balaban J connectivity index is 0.00000423. The lowest BCUT2D eigenvalue weighted by atomic mass is 9.88. The average Bonchev–Trinajstić information content (AvgIpc) is 2.99. The van der Waals surface area contributed by atoms with E-state index in [2.05, 4.69) is 29.0 Å². The molecular weight excluding hydrogens is 586 g/mol. The van der Waals surface area contributed by atoms with Crippen molar-refractivity contribution in [1.82, 2.24) is 14.7 Å². The number of esters is 1. The molecule has 0 unspecified atom stereocenters. The van der Waals surface area contributed by atoms with Gasteiger partial charge in [0.1, 0.15) is 5.75 Å². The predicted molar refractivity (Wildman–Crippen MR) is 171 cm³/mol. The normalized spacial score (nSPS) is 20.3. The molecule has 0 radical (unpaired) electrons. The minimum atomic E-state index is -3.53. The molecule has 0 spiro atoms. The third-order valence-electron chi connectivity index (χ3n) is 8.38. The third-order valence-corrected chi connectivity index (χ3v) is 10.1. The summed E-state index contributed by atoms with van der Waals surface area (Å²) in [5, 5.41) is 10.7. The minimum Gasteiger partial charge on any atom is -0.423 e. The van der Waals surface area contributed by atoms with Crippen molar-refractivity contribution < 1.29 is 23.1 Å². The van der Waals surface area contributed by atoms with Crippen LogP contribution in [-0.4, -0.2) is 98.9 Å². The summed E-state index contributed by atoms with van der Waals surface area (Å²) in [6, 6.07) is 23.7. The van der Waals surface area contributed by atoms with Crippen LogP contribution in [0.1, 0.15) is 27.9 Å². The zero-order valence-corrected chi connectivity index (χ0v) is 26.3. The highest BCUT2D eigenvalue weighted by Crippen LogP contribution is 2.24. The largest absolute Gasteiger partial charge is 0.423 e. The number of hydrogen-bond donors (Lipinski definition) is 1. The van der Waals surface area contributed by atoms with Gasteiger partial charge in [0.05, 0.1) is 22.3 Å². The van der Waals surface area contributed by atoms with Crippen LogP contribution in [0.3, 0.4) is 0 Å². The number of halogens is 1. The number of rotatable bonds is 10. The van der Waals surface area contributed by atoms with E-state index in [0.717, 1.165) is 57.7 Å². The van der Waals surface area contributed by atoms with E-state index in [-0.39, 0.29) is 29.0 Å². The first-order valence-electron chi connectivity index (χ1n) is 14.7. The van der Waals surface area contributed by atoms with Crippen molar-refractivity contribution in [2.45, 2.75) is 30.4 Å². The van der Waals surface area contributed by atoms with Crippen LogP contribution in [0.25, 0.3) is 0 Å². The first-order valence-corrected chi connectivity index (χ1v) is 16.4. The van der Waals surface area contributed by atoms with E-state index >= 15 is 0 Å². The van der Waals surface area contributed by atoms with Crippen LogP contribution in [0.4, 0.5) is 0 Å². The van der Waals surface area contributed by atoms with Crippen molar-refractivity contribution in [1.29, 1.82) is 0 Å². The van der Waals surface area contributed by atoms with E-state index in [0.29, 0.717) is 24.4 Å². The molecule has 3 aromatic carbocycles. The summed E-state index contributed by atoms with van der Waals surface area (Å²) in [5.74, 6) is -0.0375. The first kappa shape index (κ1) is 33.1. The Kier molecular flexibility index (Phi) is 11.8. The van der Waals surface area contributed by atoms with E-state index in [4.69, 9.17) is 4.74 Å². The fourth-order valence-corrected chi connectivity index (χ4v) is 7.00. The summed E-state index contributed by atoms with van der Waals surface area (Å²) < 4.78 is 31.6. The standard InChI is InChI=1S/C33H41N3O5S.ClH/c1-34-16-18-36(19-17-34)24-27-8-5-9-29(23-27)33(38)41-30-10-12-31(13-11-30)42(39,40)21-20-35-15-14-28(32(37)25-35)22-26-6-3-2-4-7-26;/h2-13,23,28,32,37H,14-22,24-25H2,1H3;1H/t28-,32-;/m1./s1. The molecular formula is C33H42ClN3O5S. The molecule has 10 heteroatoms. The number of ether oxygens (including phenoxy) is 1. The van der Waals surface area contributed by atoms with Crippen LogP contribution in [0.5, 0.6) is 5.75 Å². The summed E-state index contributed by atoms with van der Waals surface area (Å²) in [5.41, 5.74) is 2.73. The fourth-order valence-electron chi connectivity index (χ4n) is 5.71. The SMILES string of the molecule is CN1CCN(Cc2cccc(C(=O)Oc3ccc(S(=O)(=O)CCN4CC[C@H](Cc5ccccc5)[C@H](O)C4)cc3)c2)CC1.Cl. The summed E-state index contributed by atoms with van der Waals surface area (Å²) >= 11 is 0. The van der Waals surface area contributed by atoms with E-state index in [1.165, 1.54) is 29.8 Å². The zero-order valence-electron chi connectivity index (χ0n) is 24.7. The first-order chi connectivity index (χ1) is 20.2. The molecule has 2 aliphatic heterocycles. The summed E-state index contributed by atoms with van der Waals surface area (Å²) in [4.78, 5) is 19.7. The number of hydrogen-bond acceptors (Lipinski definition) is 8. The van der Waals surface area contributed by atoms with E-state index < -0.39 is 21.9 Å². The Morgan fingerprint density at radius 1 is 0.884 bits per heavy atom. The second-order valence-corrected chi connectivity index (χ2v) is 13.7. The smallest absolute Gasteiger partial charge is 0.343 e. The van der Waals surface area contributed by atoms with Crippen molar-refractivity contribution in [3.63, 3.8) is 0 Å². The lowest BCUT2D eigenvalue weighted by Crippen LogP contribution is -2.46. The number of piperazine rings is 1. The number of nitrogens with zero attached hydrogens (tertiary/aromatic N) is 3. The maximum absolute atomic E-state index is 13.0. The van der Waals surface area contributed by atoms with Gasteiger partial charge in [0.2, 0.25) is 0 Å². The number of likely N-dealkylation sites (tertiary alicyclic amines) is 1. The minimum absolute atomic E-state index is 0. The molecule has 8 nitrogen and oxygen atoms in total. The number of aliphatic hydroxyl groups excluding tert-OH is 1. The molecule has 0 amide bonds. The van der Waals surface area contributed by atoms with Crippen molar-refractivity contribution in [3.8, 4) is 5.75 Å². The zero-order chi connectivity index (χ0) is 29.5. The topological polar surface area (TPSA) is 90.4 Å². The van der Waals surface area contributed by atoms with Gasteiger partial charge in [0.15, 0.2) is 9.84 Å². The van der Waals surface area contributed by atoms with Crippen molar-refractivity contribution >= 4 is 28.2 Å². The van der Waals surface area contributed by atoms with Gasteiger partial charge in [-0.3, -0.25) is 9.80 Å². The lowest BCUT2D eigenvalue weighted by molar-refractivity contribution is 0.0245. The fraction of sp³-hybridized carbons (Fsp3) is 0.424. The van der Waals surface area contributed by atoms with Crippen LogP contribution < -0.4 is 4.74 Å². The number of β-amino-alcohol motifs (C(OH)–C–C–N with tert-alkyl or cyclic N) is 1. The van der Waals surface area contributed by atoms with Gasteiger partial charge in [0.25, 0.3) is 0 Å². The maximum atomic E-state index is 13.0. The van der Waals surface area contributed by atoms with Gasteiger partial charge in [-0.05, 0) is 79.9 Å². The molecule has 2 atom stereocenters. The van der Waals surface area contributed by atoms with Crippen LogP contribution >= 0.6 is 12.4 Å². The summed E-state index contributed by atoms with van der Waals surface area (Å²) in [6.45, 7) is 6.43. The Labute approximate surface area is 261 Å². The molecule has 2 fully saturated rings. The Bertz CT molecular complexity index is 1430. The number of aliphatic hydroxyl groups is 1. The predicted octanol–water partition coefficient (Wildman–Crippen LogP) is 3.77. The van der Waals surface area contributed by atoms with E-state index in [1.807, 2.05) is 41.3 Å². The van der Waals surface area contributed by atoms with Gasteiger partial charge in [-0.25, -0.2) is 13.2 Å². The molecule has 1 N–H and O–H groups in total. The van der Waals surface area contributed by atoms with Gasteiger partial charge in [0, 0.05) is 45.8 Å². The number of carbonyl (C=O) groups is 1. The van der Waals surface area contributed by atoms with Crippen molar-refractivity contribution in [2.24, 2.45) is 5.92 Å². The second kappa shape index (κ2) is 15.3. The summed E-state index contributed by atoms with van der Waals surface area (Å²) in [6.07, 6.45) is 1.17. The molecule has 2 heterocycles. The molecule has 5 rings (SSSR count). The van der Waals surface area contributed by atoms with Gasteiger partial charge in [-0.1, -0.05) is 42.5 Å². The number of benzene rings is 3. The Morgan fingerprint density at radius 3 is 2.28 bits per heavy atom. The number of likely N-dealkylation sites (N-methyl/N-ethyl adjacent to an activating group) is 1. The molecule has 2 aliphatic rings. The van der Waals surface area contributed by atoms with Crippen LogP contribution in [0.15, 0.2) is 83.8 Å². The molecule has 0 saturated carbocycles. The number of carbonyl (C=O) groups excluding carboxylic acids is 1. The quantitative estimate of drug-likeness (QED) is 0.268. The van der Waals surface area contributed by atoms with E-state index in [1.54, 1.807) is 6.07 Å². The number of piperidine rings is 1. The Morgan fingerprint density at radius 2 is 1.58 bits per heavy atom. The third kappa shape index (κ3) is 9.35. The molecule has 0 bridgehead atoms. The van der Waals surface area contributed by atoms with Gasteiger partial charge in [-0.2, -0.15) is 0 Å².